The smallest absolute Gasteiger partial charge is 0.212 e. The SMILES string of the molecule is CNC(Cc1ccc(OC)nc1)c1nccn1C. The van der Waals surface area contributed by atoms with Gasteiger partial charge in [-0.3, -0.25) is 0 Å². The van der Waals surface area contributed by atoms with Crippen LogP contribution in [0.3, 0.4) is 0 Å². The molecule has 2 rings (SSSR count). The Labute approximate surface area is 107 Å². The quantitative estimate of drug-likeness (QED) is 0.864. The van der Waals surface area contributed by atoms with Crippen molar-refractivity contribution in [3.8, 4) is 5.88 Å². The van der Waals surface area contributed by atoms with Crippen molar-refractivity contribution >= 4 is 0 Å². The van der Waals surface area contributed by atoms with Crippen LogP contribution in [0.1, 0.15) is 17.4 Å². The third kappa shape index (κ3) is 2.68. The number of pyridine rings is 1. The maximum Gasteiger partial charge on any atom is 0.212 e. The predicted octanol–water partition coefficient (Wildman–Crippen LogP) is 1.33. The molecule has 0 saturated carbocycles. The molecular weight excluding hydrogens is 228 g/mol. The Kier molecular flexibility index (Phi) is 3.94. The van der Waals surface area contributed by atoms with Gasteiger partial charge in [0.2, 0.25) is 5.88 Å². The summed E-state index contributed by atoms with van der Waals surface area (Å²) in [6.45, 7) is 0. The molecule has 0 radical (unpaired) electrons. The van der Waals surface area contributed by atoms with Crippen LogP contribution in [-0.2, 0) is 13.5 Å². The first-order valence-electron chi connectivity index (χ1n) is 5.88. The fourth-order valence-electron chi connectivity index (χ4n) is 1.92. The van der Waals surface area contributed by atoms with Gasteiger partial charge in [-0.15, -0.1) is 0 Å². The van der Waals surface area contributed by atoms with Crippen LogP contribution in [0, 0.1) is 0 Å². The lowest BCUT2D eigenvalue weighted by atomic mass is 10.1. The average Bonchev–Trinajstić information content (AvgIpc) is 2.83. The van der Waals surface area contributed by atoms with Gasteiger partial charge >= 0.3 is 0 Å². The Hall–Kier alpha value is -1.88. The average molecular weight is 246 g/mol. The Morgan fingerprint density at radius 2 is 2.22 bits per heavy atom. The molecule has 2 aromatic rings. The first-order chi connectivity index (χ1) is 8.74. The summed E-state index contributed by atoms with van der Waals surface area (Å²) in [4.78, 5) is 8.58. The maximum atomic E-state index is 5.05. The van der Waals surface area contributed by atoms with Gasteiger partial charge in [-0.1, -0.05) is 6.07 Å². The largest absolute Gasteiger partial charge is 0.481 e. The number of hydrogen-bond donors (Lipinski definition) is 1. The molecule has 0 aliphatic heterocycles. The van der Waals surface area contributed by atoms with Crippen molar-refractivity contribution in [1.82, 2.24) is 19.9 Å². The molecule has 18 heavy (non-hydrogen) atoms. The molecule has 0 aromatic carbocycles. The monoisotopic (exact) mass is 246 g/mol. The fraction of sp³-hybridized carbons (Fsp3) is 0.385. The van der Waals surface area contributed by atoms with Gasteiger partial charge in [-0.05, 0) is 19.0 Å². The Morgan fingerprint density at radius 3 is 2.72 bits per heavy atom. The lowest BCUT2D eigenvalue weighted by Gasteiger charge is -2.16. The molecule has 96 valence electrons. The van der Waals surface area contributed by atoms with E-state index in [0.717, 1.165) is 17.8 Å². The van der Waals surface area contributed by atoms with Crippen LogP contribution in [0.15, 0.2) is 30.7 Å². The molecule has 5 heteroatoms. The van der Waals surface area contributed by atoms with Crippen molar-refractivity contribution in [3.05, 3.63) is 42.1 Å². The van der Waals surface area contributed by atoms with E-state index in [1.54, 1.807) is 7.11 Å². The first kappa shape index (κ1) is 12.6. The molecule has 0 amide bonds. The van der Waals surface area contributed by atoms with E-state index in [2.05, 4.69) is 15.3 Å². The number of rotatable bonds is 5. The van der Waals surface area contributed by atoms with E-state index in [1.165, 1.54) is 0 Å². The molecule has 0 aliphatic carbocycles. The van der Waals surface area contributed by atoms with Crippen LogP contribution in [0.4, 0.5) is 0 Å². The number of aryl methyl sites for hydroxylation is 1. The second-order valence-corrected chi connectivity index (χ2v) is 4.15. The fourth-order valence-corrected chi connectivity index (χ4v) is 1.92. The maximum absolute atomic E-state index is 5.05. The summed E-state index contributed by atoms with van der Waals surface area (Å²) >= 11 is 0. The number of aromatic nitrogens is 3. The minimum Gasteiger partial charge on any atom is -0.481 e. The highest BCUT2D eigenvalue weighted by Gasteiger charge is 2.14. The molecule has 0 aliphatic rings. The number of imidazole rings is 1. The van der Waals surface area contributed by atoms with Gasteiger partial charge in [0.25, 0.3) is 0 Å². The van der Waals surface area contributed by atoms with Gasteiger partial charge < -0.3 is 14.6 Å². The van der Waals surface area contributed by atoms with E-state index in [0.29, 0.717) is 5.88 Å². The number of likely N-dealkylation sites (N-methyl/N-ethyl adjacent to an activating group) is 1. The Bertz CT molecular complexity index is 492. The van der Waals surface area contributed by atoms with Gasteiger partial charge in [0.1, 0.15) is 5.82 Å². The van der Waals surface area contributed by atoms with Crippen LogP contribution in [0.5, 0.6) is 5.88 Å². The van der Waals surface area contributed by atoms with Crippen molar-refractivity contribution in [1.29, 1.82) is 0 Å². The molecule has 0 saturated heterocycles. The van der Waals surface area contributed by atoms with E-state index in [-0.39, 0.29) is 6.04 Å². The summed E-state index contributed by atoms with van der Waals surface area (Å²) in [5, 5.41) is 3.28. The van der Waals surface area contributed by atoms with Crippen molar-refractivity contribution < 1.29 is 4.74 Å². The molecule has 1 unspecified atom stereocenters. The summed E-state index contributed by atoms with van der Waals surface area (Å²) in [6, 6.07) is 4.08. The number of ether oxygens (including phenoxy) is 1. The molecule has 0 fully saturated rings. The summed E-state index contributed by atoms with van der Waals surface area (Å²) < 4.78 is 7.07. The zero-order chi connectivity index (χ0) is 13.0. The van der Waals surface area contributed by atoms with E-state index in [4.69, 9.17) is 4.74 Å². The highest BCUT2D eigenvalue weighted by molar-refractivity contribution is 5.19. The third-order valence-electron chi connectivity index (χ3n) is 2.97. The van der Waals surface area contributed by atoms with E-state index < -0.39 is 0 Å². The zero-order valence-corrected chi connectivity index (χ0v) is 10.9. The molecule has 2 heterocycles. The molecular formula is C13H18N4O. The first-order valence-corrected chi connectivity index (χ1v) is 5.88. The van der Waals surface area contributed by atoms with Crippen molar-refractivity contribution in [2.75, 3.05) is 14.2 Å². The summed E-state index contributed by atoms with van der Waals surface area (Å²) in [5.74, 6) is 1.66. The van der Waals surface area contributed by atoms with Gasteiger partial charge in [0, 0.05) is 31.7 Å². The highest BCUT2D eigenvalue weighted by Crippen LogP contribution is 2.16. The van der Waals surface area contributed by atoms with Crippen molar-refractivity contribution in [3.63, 3.8) is 0 Å². The standard InChI is InChI=1S/C13H18N4O/c1-14-11(13-15-6-7-17(13)2)8-10-4-5-12(18-3)16-9-10/h4-7,9,11,14H,8H2,1-3H3. The van der Waals surface area contributed by atoms with Crippen LogP contribution in [0.2, 0.25) is 0 Å². The predicted molar refractivity (Wildman–Crippen MR) is 69.5 cm³/mol. The molecule has 2 aromatic heterocycles. The van der Waals surface area contributed by atoms with Gasteiger partial charge in [-0.2, -0.15) is 0 Å². The second-order valence-electron chi connectivity index (χ2n) is 4.15. The van der Waals surface area contributed by atoms with Crippen LogP contribution in [0.25, 0.3) is 0 Å². The van der Waals surface area contributed by atoms with E-state index in [9.17, 15) is 0 Å². The number of methoxy groups -OCH3 is 1. The van der Waals surface area contributed by atoms with Crippen LogP contribution < -0.4 is 10.1 Å². The third-order valence-corrected chi connectivity index (χ3v) is 2.97. The van der Waals surface area contributed by atoms with E-state index >= 15 is 0 Å². The Balaban J connectivity index is 2.13. The summed E-state index contributed by atoms with van der Waals surface area (Å²) in [7, 11) is 5.56. The number of hydrogen-bond acceptors (Lipinski definition) is 4. The molecule has 1 N–H and O–H groups in total. The molecule has 1 atom stereocenters. The van der Waals surface area contributed by atoms with Gasteiger partial charge in [0.15, 0.2) is 0 Å². The zero-order valence-electron chi connectivity index (χ0n) is 10.9. The lowest BCUT2D eigenvalue weighted by molar-refractivity contribution is 0.397. The normalized spacial score (nSPS) is 12.4. The number of nitrogens with zero attached hydrogens (tertiary/aromatic N) is 3. The molecule has 0 spiro atoms. The molecule has 5 nitrogen and oxygen atoms in total. The van der Waals surface area contributed by atoms with Crippen LogP contribution >= 0.6 is 0 Å². The van der Waals surface area contributed by atoms with Crippen molar-refractivity contribution in [2.24, 2.45) is 7.05 Å². The summed E-state index contributed by atoms with van der Waals surface area (Å²) in [6.07, 6.45) is 6.45. The van der Waals surface area contributed by atoms with E-state index in [1.807, 2.05) is 49.4 Å². The minimum atomic E-state index is 0.181. The van der Waals surface area contributed by atoms with Crippen molar-refractivity contribution in [2.45, 2.75) is 12.5 Å². The minimum absolute atomic E-state index is 0.181. The lowest BCUT2D eigenvalue weighted by Crippen LogP contribution is -2.22. The Morgan fingerprint density at radius 1 is 1.39 bits per heavy atom. The highest BCUT2D eigenvalue weighted by atomic mass is 16.5. The van der Waals surface area contributed by atoms with Gasteiger partial charge in [-0.25, -0.2) is 9.97 Å². The number of nitrogens with one attached hydrogen (secondary N) is 1. The topological polar surface area (TPSA) is 52.0 Å². The summed E-state index contributed by atoms with van der Waals surface area (Å²) in [5.41, 5.74) is 1.15. The second kappa shape index (κ2) is 5.64. The van der Waals surface area contributed by atoms with Gasteiger partial charge in [0.05, 0.1) is 13.2 Å². The van der Waals surface area contributed by atoms with Crippen LogP contribution in [-0.4, -0.2) is 28.7 Å². The molecule has 0 bridgehead atoms.